The van der Waals surface area contributed by atoms with E-state index in [1.54, 1.807) is 29.7 Å². The van der Waals surface area contributed by atoms with Crippen LogP contribution in [0.5, 0.6) is 5.75 Å². The van der Waals surface area contributed by atoms with Gasteiger partial charge in [0.05, 0.1) is 29.1 Å². The van der Waals surface area contributed by atoms with Crippen LogP contribution in [0.15, 0.2) is 46.1 Å². The van der Waals surface area contributed by atoms with E-state index in [0.717, 1.165) is 38.2 Å². The molecule has 9 heteroatoms. The number of hydrogen-bond acceptors (Lipinski definition) is 7. The van der Waals surface area contributed by atoms with Gasteiger partial charge in [0.15, 0.2) is 0 Å². The zero-order valence-corrected chi connectivity index (χ0v) is 22.1. The maximum Gasteiger partial charge on any atom is 0.303 e. The highest BCUT2D eigenvalue weighted by Crippen LogP contribution is 2.36. The van der Waals surface area contributed by atoms with Crippen LogP contribution in [0.25, 0.3) is 10.9 Å². The van der Waals surface area contributed by atoms with Crippen molar-refractivity contribution in [1.82, 2.24) is 9.88 Å². The van der Waals surface area contributed by atoms with Gasteiger partial charge in [0.1, 0.15) is 11.6 Å². The van der Waals surface area contributed by atoms with Crippen LogP contribution in [0.4, 0.5) is 4.39 Å². The first-order chi connectivity index (χ1) is 17.4. The zero-order valence-electron chi connectivity index (χ0n) is 20.4. The van der Waals surface area contributed by atoms with Crippen molar-refractivity contribution in [3.8, 4) is 5.75 Å². The molecule has 0 bridgehead atoms. The SMILES string of the molecule is COc1cnc2ccc(F)c([C@@H](O)CC[C@@H]3CCN(CCSc4cccs4)C[C@@H]3CCC(=O)O)c2c1. The molecule has 3 heterocycles. The number of thioether (sulfide) groups is 1. The quantitative estimate of drug-likeness (QED) is 0.283. The number of pyridine rings is 1. The Hall–Kier alpha value is -2.20. The molecule has 1 saturated heterocycles. The van der Waals surface area contributed by atoms with Crippen molar-refractivity contribution < 1.29 is 24.1 Å². The molecule has 1 aliphatic heterocycles. The number of aliphatic hydroxyl groups is 1. The molecule has 2 N–H and O–H groups in total. The average molecular weight is 533 g/mol. The van der Waals surface area contributed by atoms with Gasteiger partial charge in [-0.2, -0.15) is 0 Å². The van der Waals surface area contributed by atoms with Crippen LogP contribution in [0, 0.1) is 17.7 Å². The summed E-state index contributed by atoms with van der Waals surface area (Å²) in [7, 11) is 1.53. The van der Waals surface area contributed by atoms with Gasteiger partial charge < -0.3 is 19.8 Å². The van der Waals surface area contributed by atoms with Crippen molar-refractivity contribution >= 4 is 40.0 Å². The maximum absolute atomic E-state index is 14.8. The van der Waals surface area contributed by atoms with Crippen molar-refractivity contribution in [3.05, 3.63) is 53.3 Å². The van der Waals surface area contributed by atoms with Crippen molar-refractivity contribution in [3.63, 3.8) is 0 Å². The van der Waals surface area contributed by atoms with E-state index in [1.807, 2.05) is 11.8 Å². The van der Waals surface area contributed by atoms with Gasteiger partial charge in [-0.15, -0.1) is 23.1 Å². The Bertz CT molecular complexity index is 1140. The van der Waals surface area contributed by atoms with Crippen LogP contribution < -0.4 is 4.74 Å². The fraction of sp³-hybridized carbons (Fsp3) is 0.481. The number of likely N-dealkylation sites (tertiary alicyclic amines) is 1. The molecule has 3 aromatic rings. The molecular weight excluding hydrogens is 499 g/mol. The molecule has 0 spiro atoms. The van der Waals surface area contributed by atoms with Crippen molar-refractivity contribution in [1.29, 1.82) is 0 Å². The van der Waals surface area contributed by atoms with Gasteiger partial charge in [0.25, 0.3) is 0 Å². The minimum absolute atomic E-state index is 0.144. The number of rotatable bonds is 12. The van der Waals surface area contributed by atoms with Crippen LogP contribution in [0.3, 0.4) is 0 Å². The van der Waals surface area contributed by atoms with Gasteiger partial charge in [0, 0.05) is 36.2 Å². The topological polar surface area (TPSA) is 82.9 Å². The number of thiophene rings is 1. The Morgan fingerprint density at radius 2 is 2.19 bits per heavy atom. The number of methoxy groups -OCH3 is 1. The van der Waals surface area contributed by atoms with E-state index >= 15 is 0 Å². The van der Waals surface area contributed by atoms with Crippen molar-refractivity contribution in [2.24, 2.45) is 11.8 Å². The Labute approximate surface area is 219 Å². The first-order valence-electron chi connectivity index (χ1n) is 12.3. The minimum atomic E-state index is -0.969. The minimum Gasteiger partial charge on any atom is -0.495 e. The monoisotopic (exact) mass is 532 g/mol. The molecule has 3 atom stereocenters. The molecule has 0 radical (unpaired) electrons. The van der Waals surface area contributed by atoms with E-state index in [1.165, 1.54) is 17.4 Å². The number of aliphatic carboxylic acids is 1. The van der Waals surface area contributed by atoms with Crippen LogP contribution in [-0.2, 0) is 4.79 Å². The molecular formula is C27H33FN2O4S2. The summed E-state index contributed by atoms with van der Waals surface area (Å²) in [5.74, 6) is 0.829. The lowest BCUT2D eigenvalue weighted by Crippen LogP contribution is -2.41. The second-order valence-corrected chi connectivity index (χ2v) is 11.7. The van der Waals surface area contributed by atoms with E-state index in [2.05, 4.69) is 27.4 Å². The fourth-order valence-corrected chi connectivity index (χ4v) is 7.00. The second kappa shape index (κ2) is 12.9. The number of aromatic nitrogens is 1. The summed E-state index contributed by atoms with van der Waals surface area (Å²) in [6.07, 6.45) is 3.46. The largest absolute Gasteiger partial charge is 0.495 e. The third kappa shape index (κ3) is 6.97. The van der Waals surface area contributed by atoms with Crippen LogP contribution in [-0.4, -0.2) is 58.6 Å². The number of fused-ring (bicyclic) bond motifs is 1. The van der Waals surface area contributed by atoms with Gasteiger partial charge in [-0.3, -0.25) is 9.78 Å². The van der Waals surface area contributed by atoms with E-state index in [4.69, 9.17) is 4.74 Å². The molecule has 1 fully saturated rings. The summed E-state index contributed by atoms with van der Waals surface area (Å²) in [4.78, 5) is 18.0. The van der Waals surface area contributed by atoms with Crippen LogP contribution >= 0.6 is 23.1 Å². The Morgan fingerprint density at radius 1 is 1.33 bits per heavy atom. The van der Waals surface area contributed by atoms with Gasteiger partial charge in [-0.05, 0) is 73.7 Å². The lowest BCUT2D eigenvalue weighted by molar-refractivity contribution is -0.137. The molecule has 1 aliphatic rings. The molecule has 194 valence electrons. The molecule has 6 nitrogen and oxygen atoms in total. The van der Waals surface area contributed by atoms with Crippen molar-refractivity contribution in [2.45, 2.75) is 42.4 Å². The Morgan fingerprint density at radius 3 is 2.94 bits per heavy atom. The van der Waals surface area contributed by atoms with Crippen LogP contribution in [0.1, 0.15) is 43.8 Å². The predicted octanol–water partition coefficient (Wildman–Crippen LogP) is 5.85. The number of halogens is 1. The van der Waals surface area contributed by atoms with Gasteiger partial charge in [-0.25, -0.2) is 4.39 Å². The van der Waals surface area contributed by atoms with Gasteiger partial charge in [-0.1, -0.05) is 6.07 Å². The lowest BCUT2D eigenvalue weighted by Gasteiger charge is -2.39. The molecule has 1 aromatic carbocycles. The summed E-state index contributed by atoms with van der Waals surface area (Å²) in [6, 6.07) is 8.86. The molecule has 0 amide bonds. The molecule has 0 unspecified atom stereocenters. The summed E-state index contributed by atoms with van der Waals surface area (Å²) >= 11 is 3.61. The number of ether oxygens (including phenoxy) is 1. The van der Waals surface area contributed by atoms with E-state index in [0.29, 0.717) is 35.4 Å². The summed E-state index contributed by atoms with van der Waals surface area (Å²) < 4.78 is 21.4. The number of carbonyl (C=O) groups is 1. The van der Waals surface area contributed by atoms with E-state index in [-0.39, 0.29) is 17.9 Å². The maximum atomic E-state index is 14.8. The third-order valence-electron chi connectivity index (χ3n) is 7.06. The molecule has 2 aromatic heterocycles. The number of aliphatic hydroxyl groups excluding tert-OH is 1. The normalized spacial score (nSPS) is 19.4. The number of benzene rings is 1. The molecule has 4 rings (SSSR count). The Kier molecular flexibility index (Phi) is 9.59. The standard InChI is InChI=1S/C27H33FN2O4S2/c1-34-20-15-21-23(29-16-20)7-6-22(28)27(21)24(31)8-4-18-10-11-30(17-19(18)5-9-25(32)33)12-14-36-26-3-2-13-35-26/h2-3,6-7,13,15-16,18-19,24,31H,4-5,8-12,14,17H2,1H3,(H,32,33)/t18-,19+,24+/m1/s1. The third-order valence-corrected chi connectivity index (χ3v) is 9.17. The van der Waals surface area contributed by atoms with Crippen molar-refractivity contribution in [2.75, 3.05) is 32.5 Å². The predicted molar refractivity (Wildman–Crippen MR) is 142 cm³/mol. The van der Waals surface area contributed by atoms with E-state index in [9.17, 15) is 19.4 Å². The van der Waals surface area contributed by atoms with Crippen LogP contribution in [0.2, 0.25) is 0 Å². The number of carboxylic acid groups (broad SMARTS) is 1. The summed E-state index contributed by atoms with van der Waals surface area (Å²) in [5, 5.41) is 23.0. The molecule has 36 heavy (non-hydrogen) atoms. The molecule has 0 saturated carbocycles. The number of piperidine rings is 1. The highest BCUT2D eigenvalue weighted by molar-refractivity contribution is 8.01. The fourth-order valence-electron chi connectivity index (χ4n) is 5.14. The first-order valence-corrected chi connectivity index (χ1v) is 14.2. The molecule has 0 aliphatic carbocycles. The number of carboxylic acids is 1. The second-order valence-electron chi connectivity index (χ2n) is 9.32. The zero-order chi connectivity index (χ0) is 25.5. The average Bonchev–Trinajstić information content (AvgIpc) is 3.39. The van der Waals surface area contributed by atoms with Gasteiger partial charge >= 0.3 is 5.97 Å². The highest BCUT2D eigenvalue weighted by atomic mass is 32.2. The lowest BCUT2D eigenvalue weighted by atomic mass is 9.79. The van der Waals surface area contributed by atoms with Gasteiger partial charge in [0.2, 0.25) is 0 Å². The smallest absolute Gasteiger partial charge is 0.303 e. The Balaban J connectivity index is 1.39. The van der Waals surface area contributed by atoms with E-state index < -0.39 is 17.9 Å². The first kappa shape index (κ1) is 26.9. The highest BCUT2D eigenvalue weighted by Gasteiger charge is 2.30. The number of hydrogen-bond donors (Lipinski definition) is 2. The summed E-state index contributed by atoms with van der Waals surface area (Å²) in [6.45, 7) is 2.79. The number of nitrogens with zero attached hydrogens (tertiary/aromatic N) is 2. The summed E-state index contributed by atoms with van der Waals surface area (Å²) in [5.41, 5.74) is 0.864.